The molecule has 0 aromatic rings. The lowest BCUT2D eigenvalue weighted by Gasteiger charge is -2.26. The third kappa shape index (κ3) is 12.2. The molecule has 0 radical (unpaired) electrons. The van der Waals surface area contributed by atoms with E-state index in [9.17, 15) is 18.0 Å². The number of ether oxygens (including phenoxy) is 1. The molecule has 0 aliphatic heterocycles. The van der Waals surface area contributed by atoms with Gasteiger partial charge in [-0.3, -0.25) is 9.59 Å². The molecule has 0 aromatic heterocycles. The standard InChI is InChI=1S/C9H17NO.C7H12O2.C2H7NO2S.H2/c1-8(10-7-11)9-5-3-2-4-6-9;1-9-7(8)6-4-2-3-5-6;1-3-6(2,4)5;/h7-9H,2-6H2,1H3,(H,10,11);6H,2-5H2,1H3;3H,1-2H3;1H/t8-;;;/m0.../s1. The number of amides is 1. The Morgan fingerprint density at radius 3 is 1.96 bits per heavy atom. The van der Waals surface area contributed by atoms with Gasteiger partial charge in [-0.15, -0.1) is 0 Å². The average Bonchev–Trinajstić information content (AvgIpc) is 3.17. The Morgan fingerprint density at radius 2 is 1.58 bits per heavy atom. The largest absolute Gasteiger partial charge is 0.469 e. The molecule has 2 N–H and O–H groups in total. The molecule has 2 fully saturated rings. The molecular weight excluding hydrogens is 356 g/mol. The van der Waals surface area contributed by atoms with Crippen LogP contribution in [-0.4, -0.2) is 47.3 Å². The van der Waals surface area contributed by atoms with E-state index < -0.39 is 10.0 Å². The summed E-state index contributed by atoms with van der Waals surface area (Å²) in [6, 6.07) is 0.382. The minimum Gasteiger partial charge on any atom is -0.469 e. The zero-order valence-electron chi connectivity index (χ0n) is 16.6. The molecule has 8 heteroatoms. The van der Waals surface area contributed by atoms with Crippen molar-refractivity contribution in [3.63, 3.8) is 0 Å². The highest BCUT2D eigenvalue weighted by molar-refractivity contribution is 7.88. The highest BCUT2D eigenvalue weighted by Gasteiger charge is 2.22. The van der Waals surface area contributed by atoms with Gasteiger partial charge < -0.3 is 10.1 Å². The Bertz CT molecular complexity index is 490. The number of esters is 1. The number of hydrogen-bond donors (Lipinski definition) is 2. The summed E-state index contributed by atoms with van der Waals surface area (Å²) in [5.74, 6) is 0.927. The molecule has 1 amide bonds. The van der Waals surface area contributed by atoms with Crippen LogP contribution in [0.5, 0.6) is 0 Å². The zero-order chi connectivity index (χ0) is 20.0. The van der Waals surface area contributed by atoms with E-state index in [0.29, 0.717) is 6.04 Å². The maximum absolute atomic E-state index is 10.8. The maximum Gasteiger partial charge on any atom is 0.308 e. The SMILES string of the molecule is CNS(C)(=O)=O.COC(=O)C1CCCC1.C[C@H](NC=O)C1CCCCC1.[HH]. The fraction of sp³-hybridized carbons (Fsp3) is 0.889. The Balaban J connectivity index is 0. The van der Waals surface area contributed by atoms with Gasteiger partial charge in [-0.2, -0.15) is 0 Å². The molecule has 0 bridgehead atoms. The van der Waals surface area contributed by atoms with Gasteiger partial charge in [0.05, 0.1) is 19.3 Å². The Labute approximate surface area is 160 Å². The molecule has 2 rings (SSSR count). The minimum absolute atomic E-state index is 0. The first kappa shape index (κ1) is 24.8. The Kier molecular flexibility index (Phi) is 13.4. The van der Waals surface area contributed by atoms with E-state index in [-0.39, 0.29) is 13.3 Å². The highest BCUT2D eigenvalue weighted by Crippen LogP contribution is 2.26. The first-order chi connectivity index (χ1) is 12.2. The van der Waals surface area contributed by atoms with Gasteiger partial charge in [0, 0.05) is 7.47 Å². The smallest absolute Gasteiger partial charge is 0.308 e. The Morgan fingerprint density at radius 1 is 1.12 bits per heavy atom. The van der Waals surface area contributed by atoms with Crippen molar-refractivity contribution in [3.8, 4) is 0 Å². The van der Waals surface area contributed by atoms with Crippen molar-refractivity contribution in [3.05, 3.63) is 0 Å². The van der Waals surface area contributed by atoms with Gasteiger partial charge in [0.1, 0.15) is 0 Å². The van der Waals surface area contributed by atoms with Crippen molar-refractivity contribution >= 4 is 22.4 Å². The number of sulfonamides is 1. The van der Waals surface area contributed by atoms with Crippen LogP contribution in [-0.2, 0) is 24.3 Å². The Hall–Kier alpha value is -1.15. The number of nitrogens with one attached hydrogen (secondary N) is 2. The first-order valence-electron chi connectivity index (χ1n) is 9.41. The summed E-state index contributed by atoms with van der Waals surface area (Å²) in [5.41, 5.74) is 0. The van der Waals surface area contributed by atoms with Gasteiger partial charge in [0.2, 0.25) is 16.4 Å². The molecule has 7 nitrogen and oxygen atoms in total. The van der Waals surface area contributed by atoms with E-state index in [4.69, 9.17) is 0 Å². The van der Waals surface area contributed by atoms with Crippen molar-refractivity contribution < 1.29 is 24.2 Å². The van der Waals surface area contributed by atoms with Crippen LogP contribution in [0.25, 0.3) is 0 Å². The molecule has 2 aliphatic carbocycles. The summed E-state index contributed by atoms with van der Waals surface area (Å²) < 4.78 is 26.4. The second-order valence-electron chi connectivity index (χ2n) is 6.95. The molecule has 26 heavy (non-hydrogen) atoms. The summed E-state index contributed by atoms with van der Waals surface area (Å²) in [6.07, 6.45) is 13.0. The predicted molar refractivity (Wildman–Crippen MR) is 105 cm³/mol. The first-order valence-corrected chi connectivity index (χ1v) is 11.3. The molecule has 2 saturated carbocycles. The lowest BCUT2D eigenvalue weighted by Crippen LogP contribution is -2.33. The van der Waals surface area contributed by atoms with Gasteiger partial charge >= 0.3 is 5.97 Å². The normalized spacial score (nSPS) is 19.2. The van der Waals surface area contributed by atoms with Crippen LogP contribution in [0.3, 0.4) is 0 Å². The molecule has 0 saturated heterocycles. The number of methoxy groups -OCH3 is 1. The predicted octanol–water partition coefficient (Wildman–Crippen LogP) is 2.46. The van der Waals surface area contributed by atoms with Crippen molar-refractivity contribution in [1.82, 2.24) is 10.0 Å². The number of rotatable bonds is 5. The van der Waals surface area contributed by atoms with Crippen LogP contribution in [0.1, 0.15) is 66.1 Å². The van der Waals surface area contributed by atoms with E-state index in [1.54, 1.807) is 0 Å². The topological polar surface area (TPSA) is 102 Å². The van der Waals surface area contributed by atoms with Crippen LogP contribution >= 0.6 is 0 Å². The summed E-state index contributed by atoms with van der Waals surface area (Å²) in [7, 11) is -0.0827. The van der Waals surface area contributed by atoms with E-state index >= 15 is 0 Å². The van der Waals surface area contributed by atoms with Crippen LogP contribution in [0.2, 0.25) is 0 Å². The van der Waals surface area contributed by atoms with E-state index in [1.807, 2.05) is 0 Å². The number of carbonyl (C=O) groups is 2. The van der Waals surface area contributed by atoms with Crippen molar-refractivity contribution in [2.45, 2.75) is 70.8 Å². The summed E-state index contributed by atoms with van der Waals surface area (Å²) in [6.45, 7) is 2.10. The lowest BCUT2D eigenvalue weighted by molar-refractivity contribution is -0.145. The van der Waals surface area contributed by atoms with E-state index in [0.717, 1.165) is 31.4 Å². The van der Waals surface area contributed by atoms with Gasteiger partial charge in [0.25, 0.3) is 0 Å². The molecular formula is C18H38N2O5S. The van der Waals surface area contributed by atoms with Crippen molar-refractivity contribution in [1.29, 1.82) is 0 Å². The summed E-state index contributed by atoms with van der Waals surface area (Å²) in [5, 5.41) is 2.83. The molecule has 0 aromatic carbocycles. The minimum atomic E-state index is -2.91. The van der Waals surface area contributed by atoms with Gasteiger partial charge in [0.15, 0.2) is 0 Å². The average molecular weight is 395 g/mol. The monoisotopic (exact) mass is 394 g/mol. The van der Waals surface area contributed by atoms with E-state index in [1.165, 1.54) is 59.1 Å². The van der Waals surface area contributed by atoms with Crippen LogP contribution in [0.4, 0.5) is 0 Å². The molecule has 2 aliphatic rings. The summed E-state index contributed by atoms with van der Waals surface area (Å²) >= 11 is 0. The fourth-order valence-corrected chi connectivity index (χ4v) is 3.21. The number of carbonyl (C=O) groups excluding carboxylic acids is 2. The highest BCUT2D eigenvalue weighted by atomic mass is 32.2. The van der Waals surface area contributed by atoms with Gasteiger partial charge in [-0.25, -0.2) is 13.1 Å². The van der Waals surface area contributed by atoms with E-state index in [2.05, 4.69) is 21.7 Å². The molecule has 0 spiro atoms. The third-order valence-electron chi connectivity index (χ3n) is 4.95. The fourth-order valence-electron chi connectivity index (χ4n) is 3.21. The molecule has 1 atom stereocenters. The van der Waals surface area contributed by atoms with Gasteiger partial charge in [-0.1, -0.05) is 32.1 Å². The second-order valence-corrected chi connectivity index (χ2v) is 8.90. The lowest BCUT2D eigenvalue weighted by atomic mass is 9.85. The van der Waals surface area contributed by atoms with Crippen LogP contribution < -0.4 is 10.0 Å². The molecule has 0 heterocycles. The molecule has 0 unspecified atom stereocenters. The quantitative estimate of drug-likeness (QED) is 0.551. The van der Waals surface area contributed by atoms with Crippen molar-refractivity contribution in [2.75, 3.05) is 20.4 Å². The van der Waals surface area contributed by atoms with Crippen molar-refractivity contribution in [2.24, 2.45) is 11.8 Å². The maximum atomic E-state index is 10.8. The van der Waals surface area contributed by atoms with Crippen LogP contribution in [0, 0.1) is 11.8 Å². The van der Waals surface area contributed by atoms with Gasteiger partial charge in [-0.05, 0) is 45.6 Å². The summed E-state index contributed by atoms with van der Waals surface area (Å²) in [4.78, 5) is 20.9. The molecule has 156 valence electrons. The van der Waals surface area contributed by atoms with Crippen LogP contribution in [0.15, 0.2) is 0 Å². The second kappa shape index (κ2) is 14.0. The number of hydrogen-bond acceptors (Lipinski definition) is 5. The third-order valence-corrected chi connectivity index (χ3v) is 5.69. The zero-order valence-corrected chi connectivity index (χ0v) is 17.4.